The molecule has 4 heteroatoms. The minimum atomic E-state index is 0.506. The van der Waals surface area contributed by atoms with Crippen molar-refractivity contribution >= 4 is 26.7 Å². The zero-order valence-corrected chi connectivity index (χ0v) is 10.7. The minimum Gasteiger partial charge on any atom is -0.360 e. The summed E-state index contributed by atoms with van der Waals surface area (Å²) >= 11 is 1.71. The first kappa shape index (κ1) is 11.4. The van der Waals surface area contributed by atoms with Gasteiger partial charge in [0.1, 0.15) is 0 Å². The molecule has 1 unspecified atom stereocenters. The number of fused-ring (bicyclic) bond motifs is 1. The van der Waals surface area contributed by atoms with E-state index in [0.717, 1.165) is 17.2 Å². The van der Waals surface area contributed by atoms with Gasteiger partial charge in [-0.05, 0) is 33.2 Å². The van der Waals surface area contributed by atoms with Crippen LogP contribution in [0.3, 0.4) is 0 Å². The van der Waals surface area contributed by atoms with Crippen molar-refractivity contribution in [1.82, 2.24) is 9.88 Å². The second-order valence-corrected chi connectivity index (χ2v) is 5.21. The third-order valence-electron chi connectivity index (χ3n) is 2.72. The molecule has 2 aromatic rings. The van der Waals surface area contributed by atoms with Crippen molar-refractivity contribution < 1.29 is 0 Å². The van der Waals surface area contributed by atoms with E-state index in [4.69, 9.17) is 0 Å². The standard InChI is InChI=1S/C12H17N3S/c1-9(15(2)3)8-13-12-14-10-6-4-5-7-11(10)16-12/h4-7,9H,8H2,1-3H3,(H,13,14). The molecule has 1 heterocycles. The molecule has 1 N–H and O–H groups in total. The van der Waals surface area contributed by atoms with E-state index in [0.29, 0.717) is 6.04 Å². The van der Waals surface area contributed by atoms with Crippen LogP contribution in [-0.4, -0.2) is 36.6 Å². The van der Waals surface area contributed by atoms with E-state index in [9.17, 15) is 0 Å². The molecule has 0 saturated carbocycles. The van der Waals surface area contributed by atoms with Crippen molar-refractivity contribution in [2.45, 2.75) is 13.0 Å². The number of aromatic nitrogens is 1. The zero-order valence-electron chi connectivity index (χ0n) is 9.90. The van der Waals surface area contributed by atoms with Crippen LogP contribution in [0.15, 0.2) is 24.3 Å². The molecule has 0 aliphatic carbocycles. The number of likely N-dealkylation sites (N-methyl/N-ethyl adjacent to an activating group) is 1. The number of rotatable bonds is 4. The van der Waals surface area contributed by atoms with Gasteiger partial charge in [0.15, 0.2) is 5.13 Å². The maximum absolute atomic E-state index is 4.53. The van der Waals surface area contributed by atoms with Crippen LogP contribution in [0.2, 0.25) is 0 Å². The first-order valence-electron chi connectivity index (χ1n) is 5.42. The van der Waals surface area contributed by atoms with Gasteiger partial charge in [0.2, 0.25) is 0 Å². The van der Waals surface area contributed by atoms with Crippen molar-refractivity contribution in [1.29, 1.82) is 0 Å². The summed E-state index contributed by atoms with van der Waals surface area (Å²) in [5, 5.41) is 4.39. The largest absolute Gasteiger partial charge is 0.360 e. The molecule has 0 aliphatic heterocycles. The Hall–Kier alpha value is -1.13. The molecule has 0 saturated heterocycles. The summed E-state index contributed by atoms with van der Waals surface area (Å²) in [6.07, 6.45) is 0. The molecule has 0 aliphatic rings. The average Bonchev–Trinajstić information content (AvgIpc) is 2.68. The Labute approximate surface area is 100 Å². The number of para-hydroxylation sites is 1. The van der Waals surface area contributed by atoms with Gasteiger partial charge in [-0.25, -0.2) is 4.98 Å². The van der Waals surface area contributed by atoms with E-state index in [-0.39, 0.29) is 0 Å². The Morgan fingerprint density at radius 1 is 1.38 bits per heavy atom. The first-order chi connectivity index (χ1) is 7.66. The molecule has 3 nitrogen and oxygen atoms in total. The highest BCUT2D eigenvalue weighted by Crippen LogP contribution is 2.25. The van der Waals surface area contributed by atoms with Gasteiger partial charge in [-0.15, -0.1) is 0 Å². The van der Waals surface area contributed by atoms with Gasteiger partial charge < -0.3 is 10.2 Å². The van der Waals surface area contributed by atoms with Gasteiger partial charge in [0.25, 0.3) is 0 Å². The lowest BCUT2D eigenvalue weighted by atomic mass is 10.3. The molecule has 0 fully saturated rings. The molecule has 1 aromatic carbocycles. The summed E-state index contributed by atoms with van der Waals surface area (Å²) in [7, 11) is 4.18. The summed E-state index contributed by atoms with van der Waals surface area (Å²) < 4.78 is 1.24. The lowest BCUT2D eigenvalue weighted by molar-refractivity contribution is 0.326. The van der Waals surface area contributed by atoms with E-state index in [1.165, 1.54) is 4.70 Å². The van der Waals surface area contributed by atoms with Crippen molar-refractivity contribution in [3.8, 4) is 0 Å². The molecule has 0 radical (unpaired) electrons. The van der Waals surface area contributed by atoms with Crippen molar-refractivity contribution in [3.63, 3.8) is 0 Å². The van der Waals surface area contributed by atoms with Crippen LogP contribution in [0.4, 0.5) is 5.13 Å². The molecule has 1 aromatic heterocycles. The molecular formula is C12H17N3S. The number of nitrogens with one attached hydrogen (secondary N) is 1. The monoisotopic (exact) mass is 235 g/mol. The number of hydrogen-bond donors (Lipinski definition) is 1. The normalized spacial score (nSPS) is 13.2. The molecule has 0 bridgehead atoms. The highest BCUT2D eigenvalue weighted by molar-refractivity contribution is 7.22. The van der Waals surface area contributed by atoms with Crippen LogP contribution in [0, 0.1) is 0 Å². The van der Waals surface area contributed by atoms with E-state index < -0.39 is 0 Å². The zero-order chi connectivity index (χ0) is 11.5. The third kappa shape index (κ3) is 2.51. The van der Waals surface area contributed by atoms with Crippen molar-refractivity contribution in [2.75, 3.05) is 26.0 Å². The number of nitrogens with zero attached hydrogens (tertiary/aromatic N) is 2. The Morgan fingerprint density at radius 2 is 2.12 bits per heavy atom. The summed E-state index contributed by atoms with van der Waals surface area (Å²) in [6.45, 7) is 3.12. The molecule has 86 valence electrons. The van der Waals surface area contributed by atoms with Crippen LogP contribution < -0.4 is 5.32 Å². The quantitative estimate of drug-likeness (QED) is 0.883. The maximum atomic E-state index is 4.53. The smallest absolute Gasteiger partial charge is 0.183 e. The third-order valence-corrected chi connectivity index (χ3v) is 3.72. The Bertz CT molecular complexity index is 431. The van der Waals surface area contributed by atoms with Gasteiger partial charge in [-0.1, -0.05) is 23.5 Å². The van der Waals surface area contributed by atoms with Crippen LogP contribution in [-0.2, 0) is 0 Å². The highest BCUT2D eigenvalue weighted by atomic mass is 32.1. The molecule has 0 spiro atoms. The molecule has 1 atom stereocenters. The second kappa shape index (κ2) is 4.80. The summed E-state index contributed by atoms with van der Waals surface area (Å²) in [6, 6.07) is 8.73. The lowest BCUT2D eigenvalue weighted by Crippen LogP contribution is -2.31. The van der Waals surface area contributed by atoms with E-state index in [2.05, 4.69) is 42.3 Å². The Kier molecular flexibility index (Phi) is 3.41. The SMILES string of the molecule is CC(CNc1nc2ccccc2s1)N(C)C. The van der Waals surface area contributed by atoms with E-state index in [1.807, 2.05) is 18.2 Å². The topological polar surface area (TPSA) is 28.2 Å². The van der Waals surface area contributed by atoms with Gasteiger partial charge in [0, 0.05) is 12.6 Å². The number of hydrogen-bond acceptors (Lipinski definition) is 4. The van der Waals surface area contributed by atoms with Gasteiger partial charge in [-0.3, -0.25) is 0 Å². The molecule has 2 rings (SSSR count). The van der Waals surface area contributed by atoms with Crippen LogP contribution >= 0.6 is 11.3 Å². The average molecular weight is 235 g/mol. The van der Waals surface area contributed by atoms with E-state index in [1.54, 1.807) is 11.3 Å². The Morgan fingerprint density at radius 3 is 2.81 bits per heavy atom. The number of anilines is 1. The lowest BCUT2D eigenvalue weighted by Gasteiger charge is -2.19. The van der Waals surface area contributed by atoms with Gasteiger partial charge in [-0.2, -0.15) is 0 Å². The van der Waals surface area contributed by atoms with Gasteiger partial charge >= 0.3 is 0 Å². The predicted octanol–water partition coefficient (Wildman–Crippen LogP) is 2.66. The summed E-state index contributed by atoms with van der Waals surface area (Å²) in [4.78, 5) is 6.73. The fraction of sp³-hybridized carbons (Fsp3) is 0.417. The second-order valence-electron chi connectivity index (χ2n) is 4.18. The van der Waals surface area contributed by atoms with E-state index >= 15 is 0 Å². The van der Waals surface area contributed by atoms with Gasteiger partial charge in [0.05, 0.1) is 10.2 Å². The van der Waals surface area contributed by atoms with Crippen LogP contribution in [0.5, 0.6) is 0 Å². The summed E-state index contributed by atoms with van der Waals surface area (Å²) in [5.74, 6) is 0. The predicted molar refractivity (Wildman–Crippen MR) is 71.3 cm³/mol. The summed E-state index contributed by atoms with van der Waals surface area (Å²) in [5.41, 5.74) is 1.08. The minimum absolute atomic E-state index is 0.506. The first-order valence-corrected chi connectivity index (χ1v) is 6.24. The number of benzene rings is 1. The number of thiazole rings is 1. The van der Waals surface area contributed by atoms with Crippen molar-refractivity contribution in [3.05, 3.63) is 24.3 Å². The molecule has 0 amide bonds. The molecular weight excluding hydrogens is 218 g/mol. The fourth-order valence-corrected chi connectivity index (χ4v) is 2.24. The van der Waals surface area contributed by atoms with Crippen LogP contribution in [0.25, 0.3) is 10.2 Å². The fourth-order valence-electron chi connectivity index (χ4n) is 1.37. The van der Waals surface area contributed by atoms with Crippen molar-refractivity contribution in [2.24, 2.45) is 0 Å². The molecule has 16 heavy (non-hydrogen) atoms. The maximum Gasteiger partial charge on any atom is 0.183 e. The van der Waals surface area contributed by atoms with Crippen LogP contribution in [0.1, 0.15) is 6.92 Å². The Balaban J connectivity index is 2.05. The highest BCUT2D eigenvalue weighted by Gasteiger charge is 2.06.